The quantitative estimate of drug-likeness (QED) is 0.443. The van der Waals surface area contributed by atoms with Gasteiger partial charge in [-0.25, -0.2) is 4.79 Å². The van der Waals surface area contributed by atoms with E-state index in [1.54, 1.807) is 11.1 Å². The second-order valence-corrected chi connectivity index (χ2v) is 10.9. The van der Waals surface area contributed by atoms with Crippen molar-refractivity contribution >= 4 is 23.3 Å². The fourth-order valence-corrected chi connectivity index (χ4v) is 4.83. The van der Waals surface area contributed by atoms with E-state index in [-0.39, 0.29) is 11.9 Å². The van der Waals surface area contributed by atoms with Crippen molar-refractivity contribution in [1.82, 2.24) is 10.1 Å². The lowest BCUT2D eigenvalue weighted by atomic mass is 9.93. The molecule has 8 heteroatoms. The maximum Gasteiger partial charge on any atom is 0.416 e. The molecule has 0 spiro atoms. The Morgan fingerprint density at radius 3 is 2.42 bits per heavy atom. The normalized spacial score (nSPS) is 17.1. The van der Waals surface area contributed by atoms with Gasteiger partial charge in [0.15, 0.2) is 5.78 Å². The first kappa shape index (κ1) is 24.0. The number of rotatable bonds is 4. The number of nitrogens with zero attached hydrogens (tertiary/aromatic N) is 3. The molecule has 3 heterocycles. The fraction of sp³-hybridized carbons (Fsp3) is 0.429. The maximum atomic E-state index is 14.0. The van der Waals surface area contributed by atoms with Crippen molar-refractivity contribution < 1.29 is 18.8 Å². The van der Waals surface area contributed by atoms with Gasteiger partial charge in [0.2, 0.25) is 0 Å². The van der Waals surface area contributed by atoms with Crippen LogP contribution in [0.5, 0.6) is 0 Å². The summed E-state index contributed by atoms with van der Waals surface area (Å²) < 4.78 is 11.2. The molecule has 1 saturated carbocycles. The molecule has 1 unspecified atom stereocenters. The Hall–Kier alpha value is -3.68. The van der Waals surface area contributed by atoms with Gasteiger partial charge in [-0.05, 0) is 96.6 Å². The van der Waals surface area contributed by atoms with Gasteiger partial charge in [0.1, 0.15) is 17.5 Å². The lowest BCUT2D eigenvalue weighted by Crippen LogP contribution is -2.44. The Morgan fingerprint density at radius 1 is 1.08 bits per heavy atom. The summed E-state index contributed by atoms with van der Waals surface area (Å²) >= 11 is 0. The largest absolute Gasteiger partial charge is 0.443 e. The molecular formula is C28H32N4O4. The minimum absolute atomic E-state index is 0.129. The number of hydrogen-bond acceptors (Lipinski definition) is 7. The number of amides is 1. The van der Waals surface area contributed by atoms with Crippen LogP contribution >= 0.6 is 0 Å². The molecular weight excluding hydrogens is 456 g/mol. The zero-order valence-corrected chi connectivity index (χ0v) is 21.9. The van der Waals surface area contributed by atoms with Crippen molar-refractivity contribution in [1.29, 1.82) is 0 Å². The molecule has 1 atom stereocenters. The topological polar surface area (TPSA) is 97.6 Å². The number of aryl methyl sites for hydroxylation is 4. The van der Waals surface area contributed by atoms with Crippen LogP contribution in [-0.4, -0.2) is 33.8 Å². The highest BCUT2D eigenvalue weighted by atomic mass is 16.6. The number of hydrogen-bond donors (Lipinski definition) is 1. The van der Waals surface area contributed by atoms with Crippen LogP contribution in [-0.2, 0) is 4.74 Å². The molecule has 36 heavy (non-hydrogen) atoms. The number of carbonyl (C=O) groups is 2. The highest BCUT2D eigenvalue weighted by molar-refractivity contribution is 6.17. The Bertz CT molecular complexity index is 1360. The van der Waals surface area contributed by atoms with E-state index in [2.05, 4.69) is 15.5 Å². The first-order valence-electron chi connectivity index (χ1n) is 12.3. The zero-order valence-electron chi connectivity index (χ0n) is 21.9. The predicted molar refractivity (Wildman–Crippen MR) is 137 cm³/mol. The van der Waals surface area contributed by atoms with Crippen LogP contribution in [0.4, 0.5) is 16.2 Å². The van der Waals surface area contributed by atoms with Crippen molar-refractivity contribution in [2.24, 2.45) is 5.92 Å². The summed E-state index contributed by atoms with van der Waals surface area (Å²) in [6, 6.07) is 5.62. The Balaban J connectivity index is 1.72. The third kappa shape index (κ3) is 4.25. The molecule has 1 aliphatic carbocycles. The van der Waals surface area contributed by atoms with Crippen LogP contribution in [0.25, 0.3) is 11.1 Å². The average Bonchev–Trinajstić information content (AvgIpc) is 3.49. The van der Waals surface area contributed by atoms with Crippen molar-refractivity contribution in [3.05, 3.63) is 58.2 Å². The zero-order chi connectivity index (χ0) is 25.9. The number of ether oxygens (including phenoxy) is 1. The molecule has 3 aromatic rings. The van der Waals surface area contributed by atoms with Gasteiger partial charge in [-0.2, -0.15) is 0 Å². The number of benzene rings is 1. The highest BCUT2D eigenvalue weighted by Crippen LogP contribution is 2.48. The van der Waals surface area contributed by atoms with Crippen molar-refractivity contribution in [2.45, 2.75) is 73.1 Å². The molecule has 0 bridgehead atoms. The lowest BCUT2D eigenvalue weighted by Gasteiger charge is -2.28. The summed E-state index contributed by atoms with van der Waals surface area (Å²) in [5.74, 6) is 0.812. The van der Waals surface area contributed by atoms with E-state index in [1.165, 1.54) is 0 Å². The minimum atomic E-state index is -0.655. The van der Waals surface area contributed by atoms with Crippen LogP contribution < -0.4 is 10.2 Å². The molecule has 1 amide bonds. The standard InChI is InChI=1S/C28H32N4O4/c1-14-13-29-15(2)10-20(14)25(33)21-11-19(23-16(3)31-36-17(23)4)12-22-24(21)30-26(18-8-9-18)32(22)27(34)35-28(5,6)7/h10-13,18,26,30H,8-9H2,1-7H3. The highest BCUT2D eigenvalue weighted by Gasteiger charge is 2.46. The minimum Gasteiger partial charge on any atom is -0.443 e. The van der Waals surface area contributed by atoms with Crippen LogP contribution in [0.15, 0.2) is 28.9 Å². The molecule has 0 saturated heterocycles. The van der Waals surface area contributed by atoms with Crippen molar-refractivity contribution in [2.75, 3.05) is 10.2 Å². The summed E-state index contributed by atoms with van der Waals surface area (Å²) in [4.78, 5) is 33.5. The monoisotopic (exact) mass is 488 g/mol. The summed E-state index contributed by atoms with van der Waals surface area (Å²) in [6.07, 6.45) is 3.02. The molecule has 2 aromatic heterocycles. The molecule has 8 nitrogen and oxygen atoms in total. The van der Waals surface area contributed by atoms with Crippen LogP contribution in [0.1, 0.15) is 72.2 Å². The van der Waals surface area contributed by atoms with Gasteiger partial charge >= 0.3 is 6.09 Å². The third-order valence-corrected chi connectivity index (χ3v) is 6.66. The Kier molecular flexibility index (Phi) is 5.65. The van der Waals surface area contributed by atoms with Gasteiger partial charge in [-0.3, -0.25) is 14.7 Å². The van der Waals surface area contributed by atoms with E-state index in [0.29, 0.717) is 34.2 Å². The molecule has 1 aromatic carbocycles. The maximum absolute atomic E-state index is 14.0. The van der Waals surface area contributed by atoms with E-state index in [1.807, 2.05) is 66.7 Å². The Labute approximate surface area is 211 Å². The number of fused-ring (bicyclic) bond motifs is 1. The van der Waals surface area contributed by atoms with E-state index in [0.717, 1.165) is 40.9 Å². The molecule has 0 radical (unpaired) electrons. The van der Waals surface area contributed by atoms with Gasteiger partial charge in [0.05, 0.1) is 17.1 Å². The summed E-state index contributed by atoms with van der Waals surface area (Å²) in [6.45, 7) is 13.0. The van der Waals surface area contributed by atoms with Gasteiger partial charge in [-0.1, -0.05) is 5.16 Å². The van der Waals surface area contributed by atoms with E-state index in [9.17, 15) is 9.59 Å². The second-order valence-electron chi connectivity index (χ2n) is 10.9. The molecule has 1 N–H and O–H groups in total. The predicted octanol–water partition coefficient (Wildman–Crippen LogP) is 6.10. The SMILES string of the molecule is Cc1cc(C(=O)c2cc(-c3c(C)noc3C)cc3c2NC(C2CC2)N3C(=O)OC(C)(C)C)c(C)cn1. The number of anilines is 2. The average molecular weight is 489 g/mol. The van der Waals surface area contributed by atoms with Gasteiger partial charge in [0, 0.05) is 28.6 Å². The number of pyridine rings is 1. The smallest absolute Gasteiger partial charge is 0.416 e. The van der Waals surface area contributed by atoms with Crippen LogP contribution in [0.3, 0.4) is 0 Å². The molecule has 188 valence electrons. The van der Waals surface area contributed by atoms with Crippen molar-refractivity contribution in [3.8, 4) is 11.1 Å². The molecule has 1 fully saturated rings. The molecule has 5 rings (SSSR count). The summed E-state index contributed by atoms with van der Waals surface area (Å²) in [5.41, 5.74) is 5.56. The van der Waals surface area contributed by atoms with E-state index >= 15 is 0 Å². The van der Waals surface area contributed by atoms with Gasteiger partial charge in [-0.15, -0.1) is 0 Å². The van der Waals surface area contributed by atoms with Gasteiger partial charge in [0.25, 0.3) is 0 Å². The van der Waals surface area contributed by atoms with Gasteiger partial charge < -0.3 is 14.6 Å². The lowest BCUT2D eigenvalue weighted by molar-refractivity contribution is 0.0569. The number of carbonyl (C=O) groups excluding carboxylic acids is 2. The molecule has 2 aliphatic rings. The first-order valence-corrected chi connectivity index (χ1v) is 12.3. The second kappa shape index (κ2) is 8.47. The first-order chi connectivity index (χ1) is 16.9. The number of ketones is 1. The Morgan fingerprint density at radius 2 is 1.81 bits per heavy atom. The number of aromatic nitrogens is 2. The third-order valence-electron chi connectivity index (χ3n) is 6.66. The van der Waals surface area contributed by atoms with Crippen LogP contribution in [0, 0.1) is 33.6 Å². The summed E-state index contributed by atoms with van der Waals surface area (Å²) in [5, 5.41) is 7.63. The molecule has 1 aliphatic heterocycles. The van der Waals surface area contributed by atoms with E-state index < -0.39 is 11.7 Å². The number of nitrogens with one attached hydrogen (secondary N) is 1. The van der Waals surface area contributed by atoms with E-state index in [4.69, 9.17) is 9.26 Å². The van der Waals surface area contributed by atoms with Crippen LogP contribution in [0.2, 0.25) is 0 Å². The fourth-order valence-electron chi connectivity index (χ4n) is 4.83. The summed E-state index contributed by atoms with van der Waals surface area (Å²) in [7, 11) is 0. The van der Waals surface area contributed by atoms with Crippen molar-refractivity contribution in [3.63, 3.8) is 0 Å².